The number of hydrogen-bond acceptors (Lipinski definition) is 10. The Morgan fingerprint density at radius 1 is 0.766 bits per heavy atom. The van der Waals surface area contributed by atoms with Crippen LogP contribution in [0.2, 0.25) is 0 Å². The van der Waals surface area contributed by atoms with Gasteiger partial charge in [0.1, 0.15) is 30.2 Å². The quantitative estimate of drug-likeness (QED) is 0.130. The molecule has 18 heteroatoms. The number of aryl methyl sites for hydroxylation is 1. The zero-order valence-corrected chi connectivity index (χ0v) is 36.7. The molecule has 5 rings (SSSR count). The van der Waals surface area contributed by atoms with Crippen LogP contribution in [0.5, 0.6) is 0 Å². The molecule has 3 heterocycles. The lowest BCUT2D eigenvalue weighted by Gasteiger charge is -2.34. The highest BCUT2D eigenvalue weighted by atomic mass is 16.3. The predicted octanol–water partition coefficient (Wildman–Crippen LogP) is -0.273. The summed E-state index contributed by atoms with van der Waals surface area (Å²) < 4.78 is 0. The van der Waals surface area contributed by atoms with Gasteiger partial charge in [-0.2, -0.15) is 0 Å². The molecule has 0 saturated carbocycles. The average molecular weight is 889 g/mol. The first-order valence-electron chi connectivity index (χ1n) is 22.5. The van der Waals surface area contributed by atoms with E-state index in [0.29, 0.717) is 32.1 Å². The summed E-state index contributed by atoms with van der Waals surface area (Å²) in [5.41, 5.74) is 7.16. The molecule has 0 spiro atoms. The van der Waals surface area contributed by atoms with Gasteiger partial charge in [0.15, 0.2) is 6.10 Å². The monoisotopic (exact) mass is 888 g/mol. The summed E-state index contributed by atoms with van der Waals surface area (Å²) in [6.07, 6.45) is -0.695. The van der Waals surface area contributed by atoms with Gasteiger partial charge in [-0.1, -0.05) is 80.9 Å². The van der Waals surface area contributed by atoms with Crippen molar-refractivity contribution < 1.29 is 48.6 Å². The smallest absolute Gasteiger partial charge is 0.251 e. The normalized spacial score (nSPS) is 26.5. The molecular weight excluding hydrogens is 825 g/mol. The fourth-order valence-electron chi connectivity index (χ4n) is 8.61. The minimum absolute atomic E-state index is 0.0610. The Hall–Kier alpha value is -5.88. The average Bonchev–Trinajstić information content (AvgIpc) is 3.99. The third-order valence-corrected chi connectivity index (χ3v) is 12.5. The van der Waals surface area contributed by atoms with Crippen molar-refractivity contribution in [2.75, 3.05) is 19.6 Å². The van der Waals surface area contributed by atoms with Gasteiger partial charge in [0.2, 0.25) is 41.4 Å². The van der Waals surface area contributed by atoms with Gasteiger partial charge in [0.25, 0.3) is 5.91 Å². The van der Waals surface area contributed by atoms with Crippen LogP contribution in [0, 0.1) is 5.92 Å². The van der Waals surface area contributed by atoms with Crippen molar-refractivity contribution in [2.45, 2.75) is 139 Å². The lowest BCUT2D eigenvalue weighted by molar-refractivity contribution is -0.144. The van der Waals surface area contributed by atoms with Crippen molar-refractivity contribution >= 4 is 47.3 Å². The maximum atomic E-state index is 14.5. The maximum absolute atomic E-state index is 14.5. The van der Waals surface area contributed by atoms with E-state index >= 15 is 0 Å². The van der Waals surface area contributed by atoms with Gasteiger partial charge < -0.3 is 52.3 Å². The maximum Gasteiger partial charge on any atom is 0.251 e. The molecule has 3 aliphatic heterocycles. The van der Waals surface area contributed by atoms with Gasteiger partial charge in [0, 0.05) is 25.9 Å². The number of nitrogens with zero attached hydrogens (tertiary/aromatic N) is 2. The Morgan fingerprint density at radius 2 is 1.36 bits per heavy atom. The summed E-state index contributed by atoms with van der Waals surface area (Å²) in [7, 11) is 0. The lowest BCUT2D eigenvalue weighted by atomic mass is 9.95. The fraction of sp³-hybridized carbons (Fsp3) is 0.565. The second-order valence-electron chi connectivity index (χ2n) is 17.2. The number of aliphatic hydroxyl groups excluding tert-OH is 2. The first-order valence-corrected chi connectivity index (χ1v) is 22.5. The van der Waals surface area contributed by atoms with Crippen molar-refractivity contribution in [3.05, 3.63) is 71.8 Å². The SMILES string of the molecule is CC[C@@H](C)[C@H]1NC(=O)[C@H](Cc2ccccc2)NC(=O)[C@@H]2CCCN2C(=O)CNC(=O)[C@@H](CCC(N)=O)NC(=O)[C@@H](O)[C@@H](C[C@H](O)CCCc2ccccc2)NC(=O)[C@@H]2CCCN2C1=O. The molecule has 8 amide bonds. The summed E-state index contributed by atoms with van der Waals surface area (Å²) in [6, 6.07) is 11.4. The van der Waals surface area contributed by atoms with Gasteiger partial charge in [0.05, 0.1) is 18.7 Å². The third-order valence-electron chi connectivity index (χ3n) is 12.5. The van der Waals surface area contributed by atoms with Crippen molar-refractivity contribution in [1.82, 2.24) is 36.4 Å². The van der Waals surface area contributed by atoms with Crippen LogP contribution < -0.4 is 32.3 Å². The van der Waals surface area contributed by atoms with Gasteiger partial charge in [-0.3, -0.25) is 38.4 Å². The molecule has 64 heavy (non-hydrogen) atoms. The number of amides is 8. The van der Waals surface area contributed by atoms with Gasteiger partial charge in [-0.25, -0.2) is 0 Å². The van der Waals surface area contributed by atoms with Crippen molar-refractivity contribution in [3.63, 3.8) is 0 Å². The molecule has 3 saturated heterocycles. The van der Waals surface area contributed by atoms with Gasteiger partial charge in [-0.15, -0.1) is 0 Å². The summed E-state index contributed by atoms with van der Waals surface area (Å²) in [5.74, 6) is -6.28. The molecule has 18 nitrogen and oxygen atoms in total. The van der Waals surface area contributed by atoms with E-state index < -0.39 is 108 Å². The van der Waals surface area contributed by atoms with E-state index in [1.54, 1.807) is 31.2 Å². The molecule has 0 bridgehead atoms. The second kappa shape index (κ2) is 23.7. The van der Waals surface area contributed by atoms with E-state index in [4.69, 9.17) is 5.73 Å². The number of fused-ring (bicyclic) bond motifs is 2. The summed E-state index contributed by atoms with van der Waals surface area (Å²) in [4.78, 5) is 113. The highest BCUT2D eigenvalue weighted by Crippen LogP contribution is 2.24. The molecule has 3 fully saturated rings. The number of primary amides is 1. The third kappa shape index (κ3) is 13.6. The largest absolute Gasteiger partial charge is 0.393 e. The molecule has 348 valence electrons. The number of nitrogens with one attached hydrogen (secondary N) is 5. The first-order chi connectivity index (χ1) is 30.7. The van der Waals surface area contributed by atoms with Crippen LogP contribution in [0.1, 0.15) is 89.2 Å². The Bertz CT molecular complexity index is 1950. The zero-order valence-electron chi connectivity index (χ0n) is 36.7. The Morgan fingerprint density at radius 3 is 2.00 bits per heavy atom. The van der Waals surface area contributed by atoms with E-state index in [0.717, 1.165) is 11.1 Å². The molecule has 0 unspecified atom stereocenters. The van der Waals surface area contributed by atoms with Crippen LogP contribution in [0.3, 0.4) is 0 Å². The van der Waals surface area contributed by atoms with Crippen molar-refractivity contribution in [3.8, 4) is 0 Å². The number of hydrogen-bond donors (Lipinski definition) is 8. The number of carbonyl (C=O) groups excluding carboxylic acids is 8. The number of nitrogens with two attached hydrogens (primary N) is 1. The van der Waals surface area contributed by atoms with Crippen LogP contribution in [-0.4, -0.2) is 135 Å². The minimum Gasteiger partial charge on any atom is -0.393 e. The van der Waals surface area contributed by atoms with Gasteiger partial charge in [-0.05, 0) is 74.8 Å². The van der Waals surface area contributed by atoms with Crippen LogP contribution in [-0.2, 0) is 51.2 Å². The topological polar surface area (TPSA) is 270 Å². The van der Waals surface area contributed by atoms with Crippen molar-refractivity contribution in [1.29, 1.82) is 0 Å². The molecule has 3 aliphatic rings. The molecule has 0 aromatic heterocycles. The number of rotatable bonds is 13. The van der Waals surface area contributed by atoms with E-state index in [1.807, 2.05) is 43.3 Å². The highest BCUT2D eigenvalue weighted by Gasteiger charge is 2.43. The molecule has 9 atom stereocenters. The van der Waals surface area contributed by atoms with Crippen LogP contribution >= 0.6 is 0 Å². The number of carbonyl (C=O) groups is 8. The van der Waals surface area contributed by atoms with Crippen LogP contribution in [0.4, 0.5) is 0 Å². The summed E-state index contributed by atoms with van der Waals surface area (Å²) in [6.45, 7) is 3.42. The Kier molecular flexibility index (Phi) is 18.2. The fourth-order valence-corrected chi connectivity index (χ4v) is 8.61. The Balaban J connectivity index is 1.47. The highest BCUT2D eigenvalue weighted by molar-refractivity contribution is 5.97. The standard InChI is InChI=1S/C46H64N8O10/c1-3-28(2)39-46(64)54-24-12-20-36(54)44(62)50-33(26-31(55)18-10-17-29-13-6-4-7-14-29)40(58)45(63)49-32(21-22-37(47)56)41(59)48-27-38(57)53-23-11-19-35(53)43(61)51-34(42(60)52-39)25-30-15-8-5-9-16-30/h4-9,13-16,28,31-36,39-40,55,58H,3,10-12,17-27H2,1-2H3,(H2,47,56)(H,48,59)(H,49,63)(H,50,62)(H,51,61)(H,52,60)/t28-,31-,32-,33-,34+,35+,36+,39-,40+/m1/s1. The molecule has 0 aliphatic carbocycles. The van der Waals surface area contributed by atoms with Crippen LogP contribution in [0.25, 0.3) is 0 Å². The number of benzene rings is 2. The predicted molar refractivity (Wildman–Crippen MR) is 234 cm³/mol. The molecular formula is C46H64N8O10. The summed E-state index contributed by atoms with van der Waals surface area (Å²) in [5, 5.41) is 36.1. The van der Waals surface area contributed by atoms with Crippen molar-refractivity contribution in [2.24, 2.45) is 11.7 Å². The summed E-state index contributed by atoms with van der Waals surface area (Å²) >= 11 is 0. The van der Waals surface area contributed by atoms with E-state index in [1.165, 1.54) is 9.80 Å². The second-order valence-corrected chi connectivity index (χ2v) is 17.2. The van der Waals surface area contributed by atoms with E-state index in [2.05, 4.69) is 26.6 Å². The number of aliphatic hydroxyl groups is 2. The minimum atomic E-state index is -2.03. The molecule has 2 aromatic rings. The first kappa shape index (κ1) is 49.1. The van der Waals surface area contributed by atoms with Crippen LogP contribution in [0.15, 0.2) is 60.7 Å². The van der Waals surface area contributed by atoms with E-state index in [9.17, 15) is 48.6 Å². The lowest BCUT2D eigenvalue weighted by Crippen LogP contribution is -2.61. The molecule has 9 N–H and O–H groups in total. The zero-order chi connectivity index (χ0) is 46.3. The molecule has 0 radical (unpaired) electrons. The molecule has 2 aromatic carbocycles. The Labute approximate surface area is 373 Å². The van der Waals surface area contributed by atoms with E-state index in [-0.39, 0.29) is 58.0 Å². The van der Waals surface area contributed by atoms with Gasteiger partial charge >= 0.3 is 0 Å².